The van der Waals surface area contributed by atoms with Gasteiger partial charge in [-0.25, -0.2) is 0 Å². The van der Waals surface area contributed by atoms with Crippen molar-refractivity contribution in [3.05, 3.63) is 41.3 Å². The molecular formula is C13H17NS. The highest BCUT2D eigenvalue weighted by Crippen LogP contribution is 2.19. The first kappa shape index (κ1) is 10.8. The second-order valence-electron chi connectivity index (χ2n) is 4.00. The molecule has 1 fully saturated rings. The second-order valence-corrected chi connectivity index (χ2v) is 4.26. The molecule has 0 aliphatic carbocycles. The van der Waals surface area contributed by atoms with Gasteiger partial charge in [0.05, 0.1) is 0 Å². The van der Waals surface area contributed by atoms with Crippen LogP contribution in [0.2, 0.25) is 0 Å². The molecule has 0 N–H and O–H groups in total. The second kappa shape index (κ2) is 5.38. The van der Waals surface area contributed by atoms with E-state index in [0.717, 1.165) is 6.54 Å². The maximum absolute atomic E-state index is 4.31. The normalized spacial score (nSPS) is 18.3. The fourth-order valence-electron chi connectivity index (χ4n) is 2.04. The lowest BCUT2D eigenvalue weighted by Gasteiger charge is -2.16. The Morgan fingerprint density at radius 2 is 1.87 bits per heavy atom. The topological polar surface area (TPSA) is 3.24 Å². The van der Waals surface area contributed by atoms with Crippen LogP contribution >= 0.6 is 12.6 Å². The Hall–Kier alpha value is -0.730. The fourth-order valence-corrected chi connectivity index (χ4v) is 2.27. The lowest BCUT2D eigenvalue weighted by atomic mass is 10.1. The summed E-state index contributed by atoms with van der Waals surface area (Å²) < 4.78 is 0. The molecule has 1 nitrogen and oxygen atoms in total. The van der Waals surface area contributed by atoms with E-state index in [1.165, 1.54) is 37.1 Å². The van der Waals surface area contributed by atoms with Crippen LogP contribution in [0.5, 0.6) is 0 Å². The van der Waals surface area contributed by atoms with Gasteiger partial charge in [-0.2, -0.15) is 12.6 Å². The molecule has 0 bridgehead atoms. The van der Waals surface area contributed by atoms with Crippen molar-refractivity contribution in [2.45, 2.75) is 12.8 Å². The molecule has 1 aromatic carbocycles. The van der Waals surface area contributed by atoms with Crippen LogP contribution in [0.25, 0.3) is 5.57 Å². The zero-order valence-corrected chi connectivity index (χ0v) is 9.79. The molecule has 0 aromatic heterocycles. The summed E-state index contributed by atoms with van der Waals surface area (Å²) in [5.74, 6) is 0. The van der Waals surface area contributed by atoms with Crippen LogP contribution in [-0.2, 0) is 0 Å². The summed E-state index contributed by atoms with van der Waals surface area (Å²) >= 11 is 4.31. The zero-order chi connectivity index (χ0) is 10.5. The Balaban J connectivity index is 2.05. The van der Waals surface area contributed by atoms with Crippen molar-refractivity contribution in [3.63, 3.8) is 0 Å². The Morgan fingerprint density at radius 1 is 1.20 bits per heavy atom. The number of benzene rings is 1. The zero-order valence-electron chi connectivity index (χ0n) is 8.89. The molecule has 1 heterocycles. The minimum atomic E-state index is 1.04. The molecule has 0 radical (unpaired) electrons. The van der Waals surface area contributed by atoms with Crippen molar-refractivity contribution in [2.75, 3.05) is 19.6 Å². The van der Waals surface area contributed by atoms with Crippen LogP contribution in [0, 0.1) is 0 Å². The summed E-state index contributed by atoms with van der Waals surface area (Å²) in [6.07, 6.45) is 2.68. The van der Waals surface area contributed by atoms with Crippen LogP contribution in [-0.4, -0.2) is 24.5 Å². The molecule has 0 amide bonds. The van der Waals surface area contributed by atoms with E-state index < -0.39 is 0 Å². The van der Waals surface area contributed by atoms with E-state index >= 15 is 0 Å². The monoisotopic (exact) mass is 219 g/mol. The summed E-state index contributed by atoms with van der Waals surface area (Å²) in [6.45, 7) is 3.50. The third-order valence-corrected chi connectivity index (χ3v) is 3.20. The van der Waals surface area contributed by atoms with Crippen molar-refractivity contribution >= 4 is 18.2 Å². The predicted octanol–water partition coefficient (Wildman–Crippen LogP) is 3.05. The highest BCUT2D eigenvalue weighted by atomic mass is 32.1. The van der Waals surface area contributed by atoms with Gasteiger partial charge in [0.15, 0.2) is 0 Å². The molecular weight excluding hydrogens is 202 g/mol. The molecule has 15 heavy (non-hydrogen) atoms. The summed E-state index contributed by atoms with van der Waals surface area (Å²) in [5.41, 5.74) is 2.61. The molecule has 0 spiro atoms. The molecule has 2 heteroatoms. The Kier molecular flexibility index (Phi) is 3.87. The Bertz CT molecular complexity index is 326. The highest BCUT2D eigenvalue weighted by molar-refractivity contribution is 7.83. The van der Waals surface area contributed by atoms with E-state index in [9.17, 15) is 0 Å². The molecule has 0 saturated carbocycles. The minimum absolute atomic E-state index is 1.04. The van der Waals surface area contributed by atoms with Gasteiger partial charge in [-0.3, -0.25) is 4.90 Å². The average molecular weight is 219 g/mol. The van der Waals surface area contributed by atoms with Gasteiger partial charge in [-0.15, -0.1) is 0 Å². The van der Waals surface area contributed by atoms with Gasteiger partial charge in [-0.05, 0) is 42.5 Å². The van der Waals surface area contributed by atoms with Gasteiger partial charge in [0.25, 0.3) is 0 Å². The van der Waals surface area contributed by atoms with E-state index in [-0.39, 0.29) is 0 Å². The Morgan fingerprint density at radius 3 is 2.47 bits per heavy atom. The van der Waals surface area contributed by atoms with Gasteiger partial charge in [0, 0.05) is 6.54 Å². The van der Waals surface area contributed by atoms with Crippen molar-refractivity contribution in [1.82, 2.24) is 4.90 Å². The van der Waals surface area contributed by atoms with Crippen LogP contribution in [0.15, 0.2) is 35.7 Å². The Labute approximate surface area is 97.2 Å². The standard InChI is InChI=1S/C13H17NS/c15-11-13(10-14-8-4-5-9-14)12-6-2-1-3-7-12/h1-3,6-7,11,15H,4-5,8-10H2/b13-11-. The fraction of sp³-hybridized carbons (Fsp3) is 0.385. The van der Waals surface area contributed by atoms with Gasteiger partial charge in [-0.1, -0.05) is 30.3 Å². The first-order valence-corrected chi connectivity index (χ1v) is 6.03. The van der Waals surface area contributed by atoms with E-state index in [1.54, 1.807) is 0 Å². The number of hydrogen-bond acceptors (Lipinski definition) is 2. The molecule has 0 unspecified atom stereocenters. The van der Waals surface area contributed by atoms with E-state index in [2.05, 4.69) is 47.9 Å². The maximum Gasteiger partial charge on any atom is 0.0244 e. The smallest absolute Gasteiger partial charge is 0.0244 e. The predicted molar refractivity (Wildman–Crippen MR) is 69.1 cm³/mol. The van der Waals surface area contributed by atoms with Crippen LogP contribution in [0.1, 0.15) is 18.4 Å². The van der Waals surface area contributed by atoms with E-state index in [4.69, 9.17) is 0 Å². The van der Waals surface area contributed by atoms with Crippen molar-refractivity contribution in [3.8, 4) is 0 Å². The number of nitrogens with zero attached hydrogens (tertiary/aromatic N) is 1. The summed E-state index contributed by atoms with van der Waals surface area (Å²) in [7, 11) is 0. The molecule has 1 aliphatic rings. The van der Waals surface area contributed by atoms with Gasteiger partial charge < -0.3 is 0 Å². The number of likely N-dealkylation sites (tertiary alicyclic amines) is 1. The lowest BCUT2D eigenvalue weighted by Crippen LogP contribution is -2.21. The number of hydrogen-bond donors (Lipinski definition) is 1. The largest absolute Gasteiger partial charge is 0.299 e. The average Bonchev–Trinajstić information content (AvgIpc) is 2.80. The quantitative estimate of drug-likeness (QED) is 0.765. The van der Waals surface area contributed by atoms with Crippen molar-refractivity contribution < 1.29 is 0 Å². The van der Waals surface area contributed by atoms with Crippen LogP contribution < -0.4 is 0 Å². The van der Waals surface area contributed by atoms with Crippen LogP contribution in [0.4, 0.5) is 0 Å². The van der Waals surface area contributed by atoms with E-state index in [1.807, 2.05) is 5.41 Å². The first-order valence-electron chi connectivity index (χ1n) is 5.51. The third kappa shape index (κ3) is 2.86. The van der Waals surface area contributed by atoms with Gasteiger partial charge in [0.2, 0.25) is 0 Å². The first-order chi connectivity index (χ1) is 7.40. The van der Waals surface area contributed by atoms with Crippen molar-refractivity contribution in [1.29, 1.82) is 0 Å². The highest BCUT2D eigenvalue weighted by Gasteiger charge is 2.13. The van der Waals surface area contributed by atoms with E-state index in [0.29, 0.717) is 0 Å². The summed E-state index contributed by atoms with van der Waals surface area (Å²) in [4.78, 5) is 2.50. The molecule has 1 saturated heterocycles. The lowest BCUT2D eigenvalue weighted by molar-refractivity contribution is 0.383. The summed E-state index contributed by atoms with van der Waals surface area (Å²) in [6, 6.07) is 10.5. The van der Waals surface area contributed by atoms with Crippen LogP contribution in [0.3, 0.4) is 0 Å². The number of rotatable bonds is 3. The number of thiol groups is 1. The van der Waals surface area contributed by atoms with Gasteiger partial charge >= 0.3 is 0 Å². The third-order valence-electron chi connectivity index (χ3n) is 2.89. The molecule has 0 atom stereocenters. The molecule has 1 aromatic rings. The van der Waals surface area contributed by atoms with Crippen molar-refractivity contribution in [2.24, 2.45) is 0 Å². The minimum Gasteiger partial charge on any atom is -0.299 e. The maximum atomic E-state index is 4.31. The molecule has 1 aliphatic heterocycles. The molecule has 80 valence electrons. The molecule has 2 rings (SSSR count). The SMILES string of the molecule is S/C=C(/CN1CCCC1)c1ccccc1. The van der Waals surface area contributed by atoms with Gasteiger partial charge in [0.1, 0.15) is 0 Å². The summed E-state index contributed by atoms with van der Waals surface area (Å²) in [5, 5.41) is 1.94.